The lowest BCUT2D eigenvalue weighted by Crippen LogP contribution is -2.23. The first-order valence-electron chi connectivity index (χ1n) is 7.32. The van der Waals surface area contributed by atoms with Crippen molar-refractivity contribution in [2.24, 2.45) is 0 Å². The molecule has 0 spiro atoms. The van der Waals surface area contributed by atoms with Crippen molar-refractivity contribution in [3.63, 3.8) is 0 Å². The largest absolute Gasteiger partial charge is 0.348 e. The van der Waals surface area contributed by atoms with Crippen LogP contribution >= 0.6 is 0 Å². The van der Waals surface area contributed by atoms with Crippen LogP contribution in [0.1, 0.15) is 28.7 Å². The zero-order chi connectivity index (χ0) is 15.5. The van der Waals surface area contributed by atoms with Crippen molar-refractivity contribution in [3.05, 3.63) is 59.8 Å². The van der Waals surface area contributed by atoms with Crippen LogP contribution in [0.25, 0.3) is 10.9 Å². The number of fused-ring (bicyclic) bond motifs is 1. The first-order chi connectivity index (χ1) is 10.7. The first-order valence-corrected chi connectivity index (χ1v) is 7.32. The summed E-state index contributed by atoms with van der Waals surface area (Å²) in [6.45, 7) is 5.27. The maximum atomic E-state index is 12.2. The van der Waals surface area contributed by atoms with Gasteiger partial charge in [0.25, 0.3) is 5.91 Å². The Labute approximate surface area is 129 Å². The second-order valence-electron chi connectivity index (χ2n) is 5.21. The minimum atomic E-state index is -0.103. The lowest BCUT2D eigenvalue weighted by Gasteiger charge is -2.06. The summed E-state index contributed by atoms with van der Waals surface area (Å²) >= 11 is 0. The fourth-order valence-electron chi connectivity index (χ4n) is 2.40. The van der Waals surface area contributed by atoms with Crippen LogP contribution in [0.2, 0.25) is 0 Å². The highest BCUT2D eigenvalue weighted by Crippen LogP contribution is 2.17. The second-order valence-corrected chi connectivity index (χ2v) is 5.21. The van der Waals surface area contributed by atoms with E-state index in [1.165, 1.54) is 0 Å². The summed E-state index contributed by atoms with van der Waals surface area (Å²) in [7, 11) is 0. The van der Waals surface area contributed by atoms with E-state index in [2.05, 4.69) is 26.8 Å². The fourth-order valence-corrected chi connectivity index (χ4v) is 2.40. The van der Waals surface area contributed by atoms with Crippen molar-refractivity contribution in [1.29, 1.82) is 0 Å². The van der Waals surface area contributed by atoms with E-state index in [0.717, 1.165) is 28.8 Å². The van der Waals surface area contributed by atoms with Gasteiger partial charge in [0.1, 0.15) is 0 Å². The Balaban J connectivity index is 1.73. The number of rotatable bonds is 4. The Morgan fingerprint density at radius 3 is 2.82 bits per heavy atom. The van der Waals surface area contributed by atoms with Crippen molar-refractivity contribution in [2.75, 3.05) is 0 Å². The third kappa shape index (κ3) is 2.83. The smallest absolute Gasteiger partial charge is 0.251 e. The van der Waals surface area contributed by atoms with E-state index in [0.29, 0.717) is 12.1 Å². The minimum Gasteiger partial charge on any atom is -0.348 e. The van der Waals surface area contributed by atoms with Crippen LogP contribution in [0, 0.1) is 6.92 Å². The summed E-state index contributed by atoms with van der Waals surface area (Å²) in [5.74, 6) is -0.103. The van der Waals surface area contributed by atoms with Gasteiger partial charge in [-0.3, -0.25) is 14.8 Å². The van der Waals surface area contributed by atoms with Gasteiger partial charge in [-0.05, 0) is 38.1 Å². The summed E-state index contributed by atoms with van der Waals surface area (Å²) in [4.78, 5) is 20.6. The molecule has 2 aromatic heterocycles. The van der Waals surface area contributed by atoms with Crippen molar-refractivity contribution in [2.45, 2.75) is 26.9 Å². The lowest BCUT2D eigenvalue weighted by atomic mass is 10.1. The monoisotopic (exact) mass is 294 g/mol. The number of aryl methyl sites for hydroxylation is 2. The number of nitrogens with zero attached hydrogens (tertiary/aromatic N) is 3. The normalized spacial score (nSPS) is 10.8. The van der Waals surface area contributed by atoms with Crippen LogP contribution in [0.4, 0.5) is 0 Å². The molecule has 5 heteroatoms. The number of aromatic nitrogens is 3. The molecule has 112 valence electrons. The van der Waals surface area contributed by atoms with E-state index >= 15 is 0 Å². The number of hydrogen-bond acceptors (Lipinski definition) is 3. The van der Waals surface area contributed by atoms with Gasteiger partial charge in [0.05, 0.1) is 24.1 Å². The fraction of sp³-hybridized carbons (Fsp3) is 0.235. The van der Waals surface area contributed by atoms with Crippen LogP contribution in [-0.2, 0) is 13.1 Å². The van der Waals surface area contributed by atoms with Crippen molar-refractivity contribution in [1.82, 2.24) is 19.9 Å². The molecular weight excluding hydrogens is 276 g/mol. The molecule has 0 aliphatic heterocycles. The molecule has 0 saturated heterocycles. The number of carbonyl (C=O) groups is 1. The van der Waals surface area contributed by atoms with Crippen molar-refractivity contribution >= 4 is 16.8 Å². The molecule has 0 bridgehead atoms. The minimum absolute atomic E-state index is 0.103. The molecule has 0 saturated carbocycles. The van der Waals surface area contributed by atoms with Crippen LogP contribution in [0.5, 0.6) is 0 Å². The molecule has 2 heterocycles. The average Bonchev–Trinajstić information content (AvgIpc) is 2.96. The summed E-state index contributed by atoms with van der Waals surface area (Å²) in [5.41, 5.74) is 3.41. The third-order valence-electron chi connectivity index (χ3n) is 3.64. The number of hydrogen-bond donors (Lipinski definition) is 1. The molecule has 0 aliphatic carbocycles. The van der Waals surface area contributed by atoms with E-state index in [9.17, 15) is 4.79 Å². The third-order valence-corrected chi connectivity index (χ3v) is 3.64. The Kier molecular flexibility index (Phi) is 3.87. The average molecular weight is 294 g/mol. The van der Waals surface area contributed by atoms with Gasteiger partial charge in [0.15, 0.2) is 0 Å². The van der Waals surface area contributed by atoms with E-state index in [1.54, 1.807) is 12.4 Å². The SMILES string of the molecule is CCn1ccc2cc(C(=O)NCc3cnc(C)cn3)ccc21. The maximum Gasteiger partial charge on any atom is 0.251 e. The standard InChI is InChI=1S/C17H18N4O/c1-3-21-7-6-13-8-14(4-5-16(13)21)17(22)20-11-15-10-18-12(2)9-19-15/h4-10H,3,11H2,1-2H3,(H,20,22). The van der Waals surface area contributed by atoms with Crippen molar-refractivity contribution < 1.29 is 4.79 Å². The van der Waals surface area contributed by atoms with Gasteiger partial charge in [0, 0.05) is 35.4 Å². The number of benzene rings is 1. The van der Waals surface area contributed by atoms with Gasteiger partial charge in [0.2, 0.25) is 0 Å². The molecule has 0 fully saturated rings. The summed E-state index contributed by atoms with van der Waals surface area (Å²) < 4.78 is 2.15. The van der Waals surface area contributed by atoms with Gasteiger partial charge in [-0.1, -0.05) is 0 Å². The Hall–Kier alpha value is -2.69. The van der Waals surface area contributed by atoms with E-state index < -0.39 is 0 Å². The molecule has 0 radical (unpaired) electrons. The summed E-state index contributed by atoms with van der Waals surface area (Å²) in [6, 6.07) is 7.78. The lowest BCUT2D eigenvalue weighted by molar-refractivity contribution is 0.0950. The van der Waals surface area contributed by atoms with Crippen LogP contribution in [0.15, 0.2) is 42.9 Å². The Bertz CT molecular complexity index is 805. The van der Waals surface area contributed by atoms with Gasteiger partial charge in [-0.15, -0.1) is 0 Å². The van der Waals surface area contributed by atoms with E-state index in [1.807, 2.05) is 37.4 Å². The van der Waals surface area contributed by atoms with Gasteiger partial charge in [-0.2, -0.15) is 0 Å². The molecule has 3 rings (SSSR count). The van der Waals surface area contributed by atoms with Crippen LogP contribution in [0.3, 0.4) is 0 Å². The van der Waals surface area contributed by atoms with Gasteiger partial charge < -0.3 is 9.88 Å². The summed E-state index contributed by atoms with van der Waals surface area (Å²) in [6.07, 6.45) is 5.41. The quantitative estimate of drug-likeness (QED) is 0.805. The molecule has 0 atom stereocenters. The molecule has 0 unspecified atom stereocenters. The Morgan fingerprint density at radius 1 is 1.23 bits per heavy atom. The molecule has 1 N–H and O–H groups in total. The van der Waals surface area contributed by atoms with E-state index in [4.69, 9.17) is 0 Å². The molecule has 1 aromatic carbocycles. The molecule has 0 aliphatic rings. The molecule has 3 aromatic rings. The predicted molar refractivity (Wildman–Crippen MR) is 85.6 cm³/mol. The molecule has 5 nitrogen and oxygen atoms in total. The topological polar surface area (TPSA) is 59.8 Å². The Morgan fingerprint density at radius 2 is 2.09 bits per heavy atom. The van der Waals surface area contributed by atoms with Gasteiger partial charge in [-0.25, -0.2) is 0 Å². The number of nitrogens with one attached hydrogen (secondary N) is 1. The highest BCUT2D eigenvalue weighted by molar-refractivity contribution is 5.98. The maximum absolute atomic E-state index is 12.2. The van der Waals surface area contributed by atoms with E-state index in [-0.39, 0.29) is 5.91 Å². The molecular formula is C17H18N4O. The number of amides is 1. The summed E-state index contributed by atoms with van der Waals surface area (Å²) in [5, 5.41) is 3.95. The predicted octanol–water partition coefficient (Wildman–Crippen LogP) is 2.69. The second kappa shape index (κ2) is 5.97. The molecule has 22 heavy (non-hydrogen) atoms. The van der Waals surface area contributed by atoms with Gasteiger partial charge >= 0.3 is 0 Å². The van der Waals surface area contributed by atoms with Crippen LogP contribution in [-0.4, -0.2) is 20.4 Å². The zero-order valence-corrected chi connectivity index (χ0v) is 12.7. The number of carbonyl (C=O) groups excluding carboxylic acids is 1. The molecule has 1 amide bonds. The zero-order valence-electron chi connectivity index (χ0n) is 12.7. The highest BCUT2D eigenvalue weighted by atomic mass is 16.1. The van der Waals surface area contributed by atoms with Crippen molar-refractivity contribution in [3.8, 4) is 0 Å². The highest BCUT2D eigenvalue weighted by Gasteiger charge is 2.08. The van der Waals surface area contributed by atoms with Crippen LogP contribution < -0.4 is 5.32 Å². The first kappa shape index (κ1) is 14.3.